The number of nitrogens with zero attached hydrogens (tertiary/aromatic N) is 4. The molecule has 1 aliphatic carbocycles. The summed E-state index contributed by atoms with van der Waals surface area (Å²) in [5.74, 6) is 0.759. The molecular formula is C19H22ClN7O2. The van der Waals surface area contributed by atoms with Crippen LogP contribution in [0.1, 0.15) is 25.7 Å². The van der Waals surface area contributed by atoms with Crippen molar-refractivity contribution < 1.29 is 5.11 Å². The molecule has 5 rings (SSSR count). The number of piperidine rings is 1. The molecule has 3 aromatic heterocycles. The molecule has 2 atom stereocenters. The Morgan fingerprint density at radius 3 is 2.86 bits per heavy atom. The van der Waals surface area contributed by atoms with Gasteiger partial charge in [0.05, 0.1) is 18.0 Å². The molecule has 0 aromatic carbocycles. The minimum atomic E-state index is -0.367. The van der Waals surface area contributed by atoms with Gasteiger partial charge in [-0.05, 0) is 37.2 Å². The summed E-state index contributed by atoms with van der Waals surface area (Å²) < 4.78 is 0. The first-order valence-corrected chi connectivity index (χ1v) is 10.1. The van der Waals surface area contributed by atoms with Crippen molar-refractivity contribution in [3.05, 3.63) is 33.8 Å². The van der Waals surface area contributed by atoms with E-state index < -0.39 is 0 Å². The molecule has 4 heterocycles. The fraction of sp³-hybridized carbons (Fsp3) is 0.474. The number of H-pyrrole nitrogens is 2. The van der Waals surface area contributed by atoms with Crippen molar-refractivity contribution in [3.8, 4) is 11.3 Å². The third-order valence-electron chi connectivity index (χ3n) is 6.46. The number of hydrogen-bond acceptors (Lipinski definition) is 7. The van der Waals surface area contributed by atoms with Crippen LogP contribution in [0.4, 0.5) is 5.82 Å². The average Bonchev–Trinajstić information content (AvgIpc) is 3.24. The van der Waals surface area contributed by atoms with Crippen molar-refractivity contribution in [3.63, 3.8) is 0 Å². The lowest BCUT2D eigenvalue weighted by Gasteiger charge is -2.42. The minimum Gasteiger partial charge on any atom is -0.393 e. The number of hydrogen-bond donors (Lipinski definition) is 4. The quantitative estimate of drug-likeness (QED) is 0.496. The first-order chi connectivity index (χ1) is 14.0. The number of nitrogens with one attached hydrogen (secondary N) is 2. The Hall–Kier alpha value is -2.49. The maximum absolute atomic E-state index is 11.8. The number of rotatable bonds is 2. The second-order valence-corrected chi connectivity index (χ2v) is 8.46. The van der Waals surface area contributed by atoms with E-state index >= 15 is 0 Å². The Morgan fingerprint density at radius 2 is 2.14 bits per heavy atom. The fourth-order valence-corrected chi connectivity index (χ4v) is 4.99. The number of aliphatic hydroxyl groups excluding tert-OH is 1. The largest absolute Gasteiger partial charge is 0.393 e. The van der Waals surface area contributed by atoms with Gasteiger partial charge in [-0.15, -0.1) is 0 Å². The van der Waals surface area contributed by atoms with E-state index in [9.17, 15) is 9.90 Å². The van der Waals surface area contributed by atoms with Gasteiger partial charge in [-0.25, -0.2) is 9.97 Å². The molecule has 1 saturated carbocycles. The first-order valence-electron chi connectivity index (χ1n) is 9.74. The van der Waals surface area contributed by atoms with Crippen LogP contribution in [0.15, 0.2) is 23.3 Å². The maximum atomic E-state index is 11.8. The molecule has 152 valence electrons. The van der Waals surface area contributed by atoms with E-state index in [1.54, 1.807) is 12.3 Å². The van der Waals surface area contributed by atoms with Gasteiger partial charge >= 0.3 is 0 Å². The highest BCUT2D eigenvalue weighted by molar-refractivity contribution is 6.33. The average molecular weight is 416 g/mol. The van der Waals surface area contributed by atoms with E-state index in [-0.39, 0.29) is 28.1 Å². The van der Waals surface area contributed by atoms with Gasteiger partial charge in [-0.2, -0.15) is 5.10 Å². The molecule has 9 nitrogen and oxygen atoms in total. The van der Waals surface area contributed by atoms with Crippen molar-refractivity contribution >= 4 is 28.6 Å². The van der Waals surface area contributed by atoms with E-state index in [1.807, 2.05) is 0 Å². The lowest BCUT2D eigenvalue weighted by molar-refractivity contribution is 0.141. The molecule has 2 fully saturated rings. The molecule has 2 unspecified atom stereocenters. The highest BCUT2D eigenvalue weighted by Gasteiger charge is 2.46. The highest BCUT2D eigenvalue weighted by Crippen LogP contribution is 2.46. The van der Waals surface area contributed by atoms with Gasteiger partial charge in [0, 0.05) is 30.9 Å². The fourth-order valence-electron chi connectivity index (χ4n) is 4.78. The lowest BCUT2D eigenvalue weighted by Crippen LogP contribution is -2.47. The molecule has 3 aromatic rings. The van der Waals surface area contributed by atoms with Gasteiger partial charge in [-0.1, -0.05) is 11.6 Å². The zero-order valence-corrected chi connectivity index (χ0v) is 16.5. The van der Waals surface area contributed by atoms with Crippen LogP contribution >= 0.6 is 11.6 Å². The normalized spacial score (nSPS) is 23.9. The van der Waals surface area contributed by atoms with Crippen molar-refractivity contribution in [2.24, 2.45) is 11.1 Å². The van der Waals surface area contributed by atoms with Crippen molar-refractivity contribution in [2.45, 2.75) is 37.8 Å². The molecule has 0 amide bonds. The number of pyridine rings is 1. The summed E-state index contributed by atoms with van der Waals surface area (Å²) in [4.78, 5) is 25.7. The first kappa shape index (κ1) is 18.5. The highest BCUT2D eigenvalue weighted by atomic mass is 35.5. The third-order valence-corrected chi connectivity index (χ3v) is 6.83. The number of anilines is 1. The van der Waals surface area contributed by atoms with Crippen LogP contribution in [-0.2, 0) is 0 Å². The van der Waals surface area contributed by atoms with E-state index in [2.05, 4.69) is 30.0 Å². The second-order valence-electron chi connectivity index (χ2n) is 8.08. The standard InChI is InChI=1S/C19H22ClN7O2/c20-14-11(1-4-22-18(14)29)15-16-17(26-25-15)24-13(9-23-16)27-5-2-19(3-6-27)8-10(28)7-12(19)21/h1,4,9-10,12,28H,2-3,5-8,21H2,(H,22,29)(H,24,25,26). The number of nitrogens with two attached hydrogens (primary N) is 1. The van der Waals surface area contributed by atoms with Crippen LogP contribution in [0, 0.1) is 5.41 Å². The van der Waals surface area contributed by atoms with Gasteiger partial charge < -0.3 is 20.7 Å². The predicted octanol–water partition coefficient (Wildman–Crippen LogP) is 1.43. The molecule has 5 N–H and O–H groups in total. The summed E-state index contributed by atoms with van der Waals surface area (Å²) in [5, 5.41) is 17.2. The molecule has 1 spiro atoms. The zero-order valence-electron chi connectivity index (χ0n) is 15.7. The van der Waals surface area contributed by atoms with E-state index in [0.717, 1.165) is 38.2 Å². The molecule has 1 saturated heterocycles. The molecule has 1 aliphatic heterocycles. The summed E-state index contributed by atoms with van der Waals surface area (Å²) in [5.41, 5.74) is 8.13. The van der Waals surface area contributed by atoms with Crippen molar-refractivity contribution in [2.75, 3.05) is 18.0 Å². The number of halogens is 1. The van der Waals surface area contributed by atoms with Crippen molar-refractivity contribution in [1.82, 2.24) is 25.1 Å². The lowest BCUT2D eigenvalue weighted by atomic mass is 9.74. The van der Waals surface area contributed by atoms with E-state index in [4.69, 9.17) is 17.3 Å². The monoisotopic (exact) mass is 415 g/mol. The van der Waals surface area contributed by atoms with Crippen LogP contribution in [-0.4, -0.2) is 55.5 Å². The van der Waals surface area contributed by atoms with Crippen LogP contribution in [0.5, 0.6) is 0 Å². The molecule has 0 bridgehead atoms. The third kappa shape index (κ3) is 3.00. The number of aliphatic hydroxyl groups is 1. The Kier molecular flexibility index (Phi) is 4.34. The minimum absolute atomic E-state index is 0.0318. The smallest absolute Gasteiger partial charge is 0.267 e. The Bertz CT molecular complexity index is 1120. The summed E-state index contributed by atoms with van der Waals surface area (Å²) in [7, 11) is 0. The molecule has 10 heteroatoms. The van der Waals surface area contributed by atoms with E-state index in [0.29, 0.717) is 28.8 Å². The number of fused-ring (bicyclic) bond motifs is 1. The number of aromatic nitrogens is 5. The Balaban J connectivity index is 1.41. The van der Waals surface area contributed by atoms with Gasteiger partial charge in [-0.3, -0.25) is 9.89 Å². The van der Waals surface area contributed by atoms with Crippen LogP contribution in [0.3, 0.4) is 0 Å². The molecule has 2 aliphatic rings. The second kappa shape index (κ2) is 6.79. The predicted molar refractivity (Wildman–Crippen MR) is 110 cm³/mol. The molecule has 29 heavy (non-hydrogen) atoms. The van der Waals surface area contributed by atoms with Gasteiger partial charge in [0.1, 0.15) is 16.4 Å². The summed E-state index contributed by atoms with van der Waals surface area (Å²) in [6.45, 7) is 1.63. The summed E-state index contributed by atoms with van der Waals surface area (Å²) in [6, 6.07) is 1.76. The summed E-state index contributed by atoms with van der Waals surface area (Å²) in [6.07, 6.45) is 6.31. The van der Waals surface area contributed by atoms with Crippen LogP contribution < -0.4 is 16.2 Å². The SMILES string of the molecule is NC1CC(O)CC12CCN(c1cnc3c(-c4cc[nH]c(=O)c4Cl)[nH]nc3n1)CC2. The Labute approximate surface area is 171 Å². The van der Waals surface area contributed by atoms with Crippen LogP contribution in [0.25, 0.3) is 22.4 Å². The van der Waals surface area contributed by atoms with Crippen molar-refractivity contribution in [1.29, 1.82) is 0 Å². The van der Waals surface area contributed by atoms with Gasteiger partial charge in [0.15, 0.2) is 0 Å². The topological polar surface area (TPSA) is 137 Å². The summed E-state index contributed by atoms with van der Waals surface area (Å²) >= 11 is 6.14. The number of aromatic amines is 2. The maximum Gasteiger partial charge on any atom is 0.267 e. The van der Waals surface area contributed by atoms with E-state index in [1.165, 1.54) is 6.20 Å². The Morgan fingerprint density at radius 1 is 1.34 bits per heavy atom. The van der Waals surface area contributed by atoms with Crippen LogP contribution in [0.2, 0.25) is 5.02 Å². The molecular weight excluding hydrogens is 394 g/mol. The zero-order chi connectivity index (χ0) is 20.2. The van der Waals surface area contributed by atoms with Gasteiger partial charge in [0.2, 0.25) is 5.65 Å². The molecule has 0 radical (unpaired) electrons. The van der Waals surface area contributed by atoms with Gasteiger partial charge in [0.25, 0.3) is 5.56 Å².